The van der Waals surface area contributed by atoms with E-state index < -0.39 is 41.0 Å². The van der Waals surface area contributed by atoms with Crippen molar-refractivity contribution in [1.82, 2.24) is 19.5 Å². The van der Waals surface area contributed by atoms with E-state index in [0.717, 1.165) is 6.07 Å². The van der Waals surface area contributed by atoms with Crippen LogP contribution in [0.25, 0.3) is 16.9 Å². The van der Waals surface area contributed by atoms with Gasteiger partial charge in [-0.2, -0.15) is 13.2 Å². The number of carboxylic acids is 1. The second-order valence-corrected chi connectivity index (χ2v) is 9.75. The maximum Gasteiger partial charge on any atom is 0.416 e. The Balaban J connectivity index is 1.51. The quantitative estimate of drug-likeness (QED) is 0.282. The molecule has 4 rings (SSSR count). The van der Waals surface area contributed by atoms with E-state index in [0.29, 0.717) is 34.7 Å². The fourth-order valence-corrected chi connectivity index (χ4v) is 3.66. The molecule has 3 amide bonds. The molecule has 4 aromatic rings. The predicted octanol–water partition coefficient (Wildman–Crippen LogP) is 5.55. The lowest BCUT2D eigenvalue weighted by molar-refractivity contribution is -0.137. The summed E-state index contributed by atoms with van der Waals surface area (Å²) >= 11 is 0. The van der Waals surface area contributed by atoms with E-state index in [1.807, 2.05) is 0 Å². The van der Waals surface area contributed by atoms with Gasteiger partial charge in [0.1, 0.15) is 18.3 Å². The summed E-state index contributed by atoms with van der Waals surface area (Å²) in [6, 6.07) is 7.47. The molecular formula is C26H24F3N7O5. The van der Waals surface area contributed by atoms with Crippen molar-refractivity contribution in [3.63, 3.8) is 0 Å². The molecule has 0 aliphatic heterocycles. The smallest absolute Gasteiger partial charge is 0.416 e. The van der Waals surface area contributed by atoms with Crippen LogP contribution in [-0.2, 0) is 10.9 Å². The topological polar surface area (TPSA) is 152 Å². The van der Waals surface area contributed by atoms with Crippen molar-refractivity contribution in [2.45, 2.75) is 32.5 Å². The summed E-state index contributed by atoms with van der Waals surface area (Å²) in [5.41, 5.74) is -1.29. The number of rotatable bonds is 5. The van der Waals surface area contributed by atoms with Crippen LogP contribution in [0.1, 0.15) is 36.7 Å². The van der Waals surface area contributed by atoms with Gasteiger partial charge in [0.2, 0.25) is 0 Å². The summed E-state index contributed by atoms with van der Waals surface area (Å²) in [5.74, 6) is -1.34. The third kappa shape index (κ3) is 6.69. The van der Waals surface area contributed by atoms with E-state index in [-0.39, 0.29) is 11.5 Å². The molecule has 0 saturated carbocycles. The van der Waals surface area contributed by atoms with Gasteiger partial charge in [-0.15, -0.1) is 0 Å². The second-order valence-electron chi connectivity index (χ2n) is 9.75. The summed E-state index contributed by atoms with van der Waals surface area (Å²) < 4.78 is 46.5. The Morgan fingerprint density at radius 1 is 0.951 bits per heavy atom. The number of imidazole rings is 1. The number of carboxylic acid groups (broad SMARTS) is 1. The fourth-order valence-electron chi connectivity index (χ4n) is 3.66. The lowest BCUT2D eigenvalue weighted by Gasteiger charge is -2.24. The minimum atomic E-state index is -4.80. The number of carbonyl (C=O) groups is 3. The summed E-state index contributed by atoms with van der Waals surface area (Å²) in [7, 11) is 1.50. The van der Waals surface area contributed by atoms with Crippen molar-refractivity contribution in [2.75, 3.05) is 22.6 Å². The average Bonchev–Trinajstić information content (AvgIpc) is 3.31. The molecule has 2 aromatic carbocycles. The van der Waals surface area contributed by atoms with Crippen LogP contribution >= 0.6 is 0 Å². The molecule has 0 atom stereocenters. The number of anilines is 3. The number of carbonyl (C=O) groups excluding carboxylic acids is 2. The Morgan fingerprint density at radius 2 is 1.61 bits per heavy atom. The van der Waals surface area contributed by atoms with Crippen molar-refractivity contribution >= 4 is 46.5 Å². The molecule has 2 aromatic heterocycles. The molecular weight excluding hydrogens is 547 g/mol. The maximum atomic E-state index is 13.1. The number of alkyl halides is 3. The highest BCUT2D eigenvalue weighted by Gasteiger charge is 2.32. The van der Waals surface area contributed by atoms with Gasteiger partial charge in [-0.3, -0.25) is 9.47 Å². The molecule has 41 heavy (non-hydrogen) atoms. The summed E-state index contributed by atoms with van der Waals surface area (Å²) in [5, 5.41) is 13.8. The van der Waals surface area contributed by atoms with Crippen LogP contribution in [0.4, 0.5) is 40.0 Å². The minimum Gasteiger partial charge on any atom is -0.478 e. The molecule has 0 fully saturated rings. The first-order valence-electron chi connectivity index (χ1n) is 11.9. The van der Waals surface area contributed by atoms with Crippen molar-refractivity contribution in [3.05, 3.63) is 66.2 Å². The van der Waals surface area contributed by atoms with E-state index in [9.17, 15) is 27.6 Å². The monoisotopic (exact) mass is 571 g/mol. The van der Waals surface area contributed by atoms with E-state index in [2.05, 4.69) is 25.6 Å². The zero-order valence-electron chi connectivity index (χ0n) is 22.1. The van der Waals surface area contributed by atoms with Gasteiger partial charge >= 0.3 is 24.3 Å². The highest BCUT2D eigenvalue weighted by atomic mass is 19.4. The normalized spacial score (nSPS) is 11.7. The zero-order chi connectivity index (χ0) is 30.1. The van der Waals surface area contributed by atoms with Gasteiger partial charge in [0, 0.05) is 24.1 Å². The molecule has 0 unspecified atom stereocenters. The van der Waals surface area contributed by atoms with Gasteiger partial charge in [0.25, 0.3) is 0 Å². The number of urea groups is 1. The fraction of sp³-hybridized carbons (Fsp3) is 0.231. The lowest BCUT2D eigenvalue weighted by atomic mass is 10.1. The van der Waals surface area contributed by atoms with Gasteiger partial charge < -0.3 is 20.5 Å². The van der Waals surface area contributed by atoms with Gasteiger partial charge in [0.05, 0.1) is 11.1 Å². The minimum absolute atomic E-state index is 0.235. The number of nitrogens with one attached hydrogen (secondary N) is 2. The van der Waals surface area contributed by atoms with Gasteiger partial charge in [-0.25, -0.2) is 29.3 Å². The standard InChI is InChI=1S/C26H24F3N7O5/c1-25(2,3)41-24(40)35(4)20-19-21(31-12-30-20)36(13-32-19)18-7-5-16(6-8-18)33-23(39)34-17-10-14(22(37)38)9-15(11-17)26(27,28)29/h5-13H,1-4H3,(H,37,38)(H2,33,34,39). The third-order valence-electron chi connectivity index (χ3n) is 5.47. The first-order valence-corrected chi connectivity index (χ1v) is 11.9. The second kappa shape index (κ2) is 10.7. The van der Waals surface area contributed by atoms with Crippen molar-refractivity contribution in [3.8, 4) is 5.69 Å². The zero-order valence-corrected chi connectivity index (χ0v) is 22.1. The molecule has 2 heterocycles. The van der Waals surface area contributed by atoms with E-state index >= 15 is 0 Å². The van der Waals surface area contributed by atoms with E-state index in [1.165, 1.54) is 36.7 Å². The van der Waals surface area contributed by atoms with Crippen molar-refractivity contribution in [1.29, 1.82) is 0 Å². The Bertz CT molecular complexity index is 1630. The summed E-state index contributed by atoms with van der Waals surface area (Å²) in [4.78, 5) is 50.2. The highest BCUT2D eigenvalue weighted by Crippen LogP contribution is 2.32. The Kier molecular flexibility index (Phi) is 7.55. The molecule has 0 spiro atoms. The van der Waals surface area contributed by atoms with Crippen LogP contribution in [0.3, 0.4) is 0 Å². The number of halogens is 3. The number of aromatic nitrogens is 4. The summed E-state index contributed by atoms with van der Waals surface area (Å²) in [6.45, 7) is 5.23. The van der Waals surface area contributed by atoms with Crippen LogP contribution in [0.15, 0.2) is 55.1 Å². The molecule has 0 radical (unpaired) electrons. The SMILES string of the molecule is CN(C(=O)OC(C)(C)C)c1ncnc2c1ncn2-c1ccc(NC(=O)Nc2cc(C(=O)O)cc(C(F)(F)F)c2)cc1. The Hall–Kier alpha value is -5.21. The molecule has 0 aliphatic rings. The molecule has 214 valence electrons. The van der Waals surface area contributed by atoms with Crippen LogP contribution in [0, 0.1) is 0 Å². The van der Waals surface area contributed by atoms with Crippen LogP contribution in [0.5, 0.6) is 0 Å². The molecule has 0 aliphatic carbocycles. The molecule has 0 saturated heterocycles. The first-order chi connectivity index (χ1) is 19.1. The highest BCUT2D eigenvalue weighted by molar-refractivity contribution is 6.01. The predicted molar refractivity (Wildman–Crippen MR) is 142 cm³/mol. The number of amides is 3. The van der Waals surface area contributed by atoms with Crippen LogP contribution in [-0.4, -0.2) is 55.4 Å². The molecule has 3 N–H and O–H groups in total. The maximum absolute atomic E-state index is 13.1. The average molecular weight is 572 g/mol. The molecule has 0 bridgehead atoms. The molecule has 15 heteroatoms. The Morgan fingerprint density at radius 3 is 2.22 bits per heavy atom. The number of aromatic carboxylic acids is 1. The largest absolute Gasteiger partial charge is 0.478 e. The van der Waals surface area contributed by atoms with Crippen molar-refractivity contribution in [2.24, 2.45) is 0 Å². The number of fused-ring (bicyclic) bond motifs is 1. The number of ether oxygens (including phenoxy) is 1. The Labute approximate surface area is 230 Å². The van der Waals surface area contributed by atoms with Crippen LogP contribution in [0.2, 0.25) is 0 Å². The van der Waals surface area contributed by atoms with Crippen molar-refractivity contribution < 1.29 is 37.4 Å². The van der Waals surface area contributed by atoms with Gasteiger partial charge in [0.15, 0.2) is 17.0 Å². The first kappa shape index (κ1) is 28.8. The number of hydrogen-bond acceptors (Lipinski definition) is 7. The number of benzene rings is 2. The third-order valence-corrected chi connectivity index (χ3v) is 5.47. The molecule has 12 nitrogen and oxygen atoms in total. The number of hydrogen-bond donors (Lipinski definition) is 3. The lowest BCUT2D eigenvalue weighted by Crippen LogP contribution is -2.34. The number of nitrogens with zero attached hydrogens (tertiary/aromatic N) is 5. The summed E-state index contributed by atoms with van der Waals surface area (Å²) in [6.07, 6.45) is -2.66. The van der Waals surface area contributed by atoms with E-state index in [1.54, 1.807) is 37.5 Å². The van der Waals surface area contributed by atoms with Gasteiger partial charge in [-0.05, 0) is 63.2 Å². The van der Waals surface area contributed by atoms with E-state index in [4.69, 9.17) is 9.84 Å². The van der Waals surface area contributed by atoms with Gasteiger partial charge in [-0.1, -0.05) is 0 Å². The van der Waals surface area contributed by atoms with Crippen LogP contribution < -0.4 is 15.5 Å².